The zero-order valence-electron chi connectivity index (χ0n) is 13.4. The largest absolute Gasteiger partial charge is 0.494 e. The lowest BCUT2D eigenvalue weighted by atomic mass is 10.0. The third-order valence-corrected chi connectivity index (χ3v) is 5.51. The van der Waals surface area contributed by atoms with E-state index in [0.717, 1.165) is 22.2 Å². The lowest BCUT2D eigenvalue weighted by Gasteiger charge is -2.04. The van der Waals surface area contributed by atoms with Crippen LogP contribution in [0.15, 0.2) is 24.4 Å². The quantitative estimate of drug-likeness (QED) is 0.844. The Morgan fingerprint density at radius 3 is 2.48 bits per heavy atom. The van der Waals surface area contributed by atoms with Gasteiger partial charge in [-0.05, 0) is 36.0 Å². The Bertz CT molecular complexity index is 695. The van der Waals surface area contributed by atoms with Crippen LogP contribution in [0, 0.1) is 16.7 Å². The molecule has 21 heavy (non-hydrogen) atoms. The van der Waals surface area contributed by atoms with E-state index in [-0.39, 0.29) is 22.5 Å². The number of carbonyl (C=O) groups excluding carboxylic acids is 1. The van der Waals surface area contributed by atoms with Crippen molar-refractivity contribution in [2.24, 2.45) is 16.7 Å². The minimum atomic E-state index is 0.0607. The normalized spacial score (nSPS) is 19.7. The summed E-state index contributed by atoms with van der Waals surface area (Å²) in [6, 6.07) is 5.87. The first-order valence-electron chi connectivity index (χ1n) is 7.59. The molecule has 1 aromatic carbocycles. The van der Waals surface area contributed by atoms with Crippen molar-refractivity contribution in [3.05, 3.63) is 30.0 Å². The van der Waals surface area contributed by atoms with Crippen molar-refractivity contribution < 1.29 is 9.53 Å². The van der Waals surface area contributed by atoms with Crippen molar-refractivity contribution in [1.29, 1.82) is 0 Å². The Kier molecular flexibility index (Phi) is 2.94. The summed E-state index contributed by atoms with van der Waals surface area (Å²) in [5, 5.41) is 0.962. The van der Waals surface area contributed by atoms with E-state index in [9.17, 15) is 4.79 Å². The highest BCUT2D eigenvalue weighted by Gasteiger charge is 2.68. The van der Waals surface area contributed by atoms with Crippen molar-refractivity contribution in [1.82, 2.24) is 4.98 Å². The number of aromatic amines is 1. The van der Waals surface area contributed by atoms with E-state index in [1.54, 1.807) is 0 Å². The highest BCUT2D eigenvalue weighted by molar-refractivity contribution is 6.11. The fourth-order valence-electron chi connectivity index (χ4n) is 3.57. The number of rotatable bonds is 4. The standard InChI is InChI=1S/C18H23NO2/c1-6-21-11-7-8-14-12(9-11)13(10-19-14)15(20)16-17(2,3)18(16,4)5/h7-10,16,19H,6H2,1-5H3. The van der Waals surface area contributed by atoms with Gasteiger partial charge < -0.3 is 9.72 Å². The van der Waals surface area contributed by atoms with Crippen LogP contribution >= 0.6 is 0 Å². The fraction of sp³-hybridized carbons (Fsp3) is 0.500. The summed E-state index contributed by atoms with van der Waals surface area (Å²) in [5.41, 5.74) is 1.89. The molecular formula is C18H23NO2. The van der Waals surface area contributed by atoms with Gasteiger partial charge in [0.25, 0.3) is 0 Å². The Labute approximate surface area is 125 Å². The Hall–Kier alpha value is -1.77. The van der Waals surface area contributed by atoms with E-state index in [0.29, 0.717) is 6.61 Å². The number of H-pyrrole nitrogens is 1. The van der Waals surface area contributed by atoms with Crippen molar-refractivity contribution in [3.63, 3.8) is 0 Å². The van der Waals surface area contributed by atoms with Gasteiger partial charge in [0.2, 0.25) is 0 Å². The number of Topliss-reactive ketones (excluding diaryl/α,β-unsaturated/α-hetero) is 1. The topological polar surface area (TPSA) is 42.1 Å². The Morgan fingerprint density at radius 2 is 1.90 bits per heavy atom. The van der Waals surface area contributed by atoms with Crippen LogP contribution in [0.2, 0.25) is 0 Å². The van der Waals surface area contributed by atoms with Crippen LogP contribution in [0.4, 0.5) is 0 Å². The molecule has 1 aliphatic rings. The van der Waals surface area contributed by atoms with E-state index >= 15 is 0 Å². The molecule has 3 heteroatoms. The van der Waals surface area contributed by atoms with Crippen molar-refractivity contribution in [3.8, 4) is 5.75 Å². The summed E-state index contributed by atoms with van der Waals surface area (Å²) in [5.74, 6) is 1.14. The number of nitrogens with one attached hydrogen (secondary N) is 1. The second-order valence-electron chi connectivity index (χ2n) is 7.08. The molecule has 0 aliphatic heterocycles. The van der Waals surface area contributed by atoms with Gasteiger partial charge in [0, 0.05) is 28.6 Å². The van der Waals surface area contributed by atoms with Crippen molar-refractivity contribution in [2.45, 2.75) is 34.6 Å². The number of fused-ring (bicyclic) bond motifs is 1. The molecule has 0 saturated heterocycles. The lowest BCUT2D eigenvalue weighted by molar-refractivity contribution is 0.0947. The monoisotopic (exact) mass is 285 g/mol. The van der Waals surface area contributed by atoms with Gasteiger partial charge in [-0.3, -0.25) is 4.79 Å². The molecule has 1 N–H and O–H groups in total. The number of aromatic nitrogens is 1. The second kappa shape index (κ2) is 4.36. The highest BCUT2D eigenvalue weighted by Crippen LogP contribution is 2.69. The summed E-state index contributed by atoms with van der Waals surface area (Å²) in [6.45, 7) is 11.3. The predicted octanol–water partition coefficient (Wildman–Crippen LogP) is 4.43. The molecule has 3 nitrogen and oxygen atoms in total. The van der Waals surface area contributed by atoms with E-state index in [1.165, 1.54) is 0 Å². The van der Waals surface area contributed by atoms with Gasteiger partial charge in [-0.25, -0.2) is 0 Å². The summed E-state index contributed by atoms with van der Waals surface area (Å²) in [4.78, 5) is 16.1. The Balaban J connectivity index is 2.01. The maximum absolute atomic E-state index is 12.9. The number of carbonyl (C=O) groups is 1. The van der Waals surface area contributed by atoms with Crippen LogP contribution in [-0.2, 0) is 0 Å². The van der Waals surface area contributed by atoms with Crippen molar-refractivity contribution in [2.75, 3.05) is 6.61 Å². The number of ether oxygens (including phenoxy) is 1. The SMILES string of the molecule is CCOc1ccc2[nH]cc(C(=O)C3C(C)(C)C3(C)C)c2c1. The molecule has 1 fully saturated rings. The van der Waals surface area contributed by atoms with Crippen molar-refractivity contribution >= 4 is 16.7 Å². The van der Waals surface area contributed by atoms with E-state index in [4.69, 9.17) is 4.74 Å². The average Bonchev–Trinajstić information content (AvgIpc) is 2.74. The highest BCUT2D eigenvalue weighted by atomic mass is 16.5. The van der Waals surface area contributed by atoms with E-state index in [2.05, 4.69) is 32.7 Å². The Morgan fingerprint density at radius 1 is 1.24 bits per heavy atom. The number of ketones is 1. The molecule has 0 spiro atoms. The minimum Gasteiger partial charge on any atom is -0.494 e. The minimum absolute atomic E-state index is 0.0607. The predicted molar refractivity (Wildman–Crippen MR) is 84.9 cm³/mol. The van der Waals surface area contributed by atoms with Gasteiger partial charge in [-0.15, -0.1) is 0 Å². The summed E-state index contributed by atoms with van der Waals surface area (Å²) in [6.07, 6.45) is 1.84. The van der Waals surface area contributed by atoms with Gasteiger partial charge in [0.15, 0.2) is 5.78 Å². The van der Waals surface area contributed by atoms with Gasteiger partial charge in [0.05, 0.1) is 6.61 Å². The second-order valence-corrected chi connectivity index (χ2v) is 7.08. The van der Waals surface area contributed by atoms with Crippen LogP contribution < -0.4 is 4.74 Å². The number of benzene rings is 1. The molecule has 2 aromatic rings. The average molecular weight is 285 g/mol. The van der Waals surface area contributed by atoms with E-state index in [1.807, 2.05) is 31.3 Å². The summed E-state index contributed by atoms with van der Waals surface area (Å²) < 4.78 is 5.55. The van der Waals surface area contributed by atoms with Crippen LogP contribution in [-0.4, -0.2) is 17.4 Å². The molecule has 1 heterocycles. The molecule has 1 aliphatic carbocycles. The third kappa shape index (κ3) is 1.90. The van der Waals surface area contributed by atoms with Gasteiger partial charge in [-0.2, -0.15) is 0 Å². The molecule has 112 valence electrons. The van der Waals surface area contributed by atoms with Crippen LogP contribution in [0.25, 0.3) is 10.9 Å². The molecule has 0 atom stereocenters. The first-order chi connectivity index (χ1) is 9.80. The smallest absolute Gasteiger partial charge is 0.169 e. The van der Waals surface area contributed by atoms with Gasteiger partial charge in [-0.1, -0.05) is 27.7 Å². The number of hydrogen-bond acceptors (Lipinski definition) is 2. The maximum atomic E-state index is 12.9. The zero-order chi connectivity index (χ0) is 15.4. The first kappa shape index (κ1) is 14.2. The van der Waals surface area contributed by atoms with Crippen LogP contribution in [0.5, 0.6) is 5.75 Å². The lowest BCUT2D eigenvalue weighted by Crippen LogP contribution is -2.06. The first-order valence-corrected chi connectivity index (χ1v) is 7.59. The molecule has 0 radical (unpaired) electrons. The maximum Gasteiger partial charge on any atom is 0.169 e. The molecule has 0 bridgehead atoms. The fourth-order valence-corrected chi connectivity index (χ4v) is 3.57. The molecule has 3 rings (SSSR count). The summed E-state index contributed by atoms with van der Waals surface area (Å²) >= 11 is 0. The molecule has 1 aromatic heterocycles. The molecule has 0 amide bonds. The third-order valence-electron chi connectivity index (χ3n) is 5.51. The van der Waals surface area contributed by atoms with Gasteiger partial charge in [0.1, 0.15) is 5.75 Å². The van der Waals surface area contributed by atoms with Crippen LogP contribution in [0.1, 0.15) is 45.0 Å². The van der Waals surface area contributed by atoms with E-state index < -0.39 is 0 Å². The molecule has 1 saturated carbocycles. The molecular weight excluding hydrogens is 262 g/mol. The zero-order valence-corrected chi connectivity index (χ0v) is 13.4. The number of hydrogen-bond donors (Lipinski definition) is 1. The van der Waals surface area contributed by atoms with Gasteiger partial charge >= 0.3 is 0 Å². The molecule has 0 unspecified atom stereocenters. The summed E-state index contributed by atoms with van der Waals surface area (Å²) in [7, 11) is 0. The van der Waals surface area contributed by atoms with Crippen LogP contribution in [0.3, 0.4) is 0 Å².